The summed E-state index contributed by atoms with van der Waals surface area (Å²) in [5, 5.41) is 0. The van der Waals surface area contributed by atoms with Crippen LogP contribution < -0.4 is 16.2 Å². The number of hydrogen-bond donors (Lipinski definition) is 2. The van der Waals surface area contributed by atoms with Crippen LogP contribution in [0.2, 0.25) is 0 Å². The van der Waals surface area contributed by atoms with Gasteiger partial charge in [0.1, 0.15) is 5.82 Å². The van der Waals surface area contributed by atoms with E-state index in [1.807, 2.05) is 12.1 Å². The predicted molar refractivity (Wildman–Crippen MR) is 66.4 cm³/mol. The van der Waals surface area contributed by atoms with E-state index in [1.54, 1.807) is 6.20 Å². The fourth-order valence-corrected chi connectivity index (χ4v) is 2.00. The molecule has 0 spiro atoms. The summed E-state index contributed by atoms with van der Waals surface area (Å²) in [6, 6.07) is 4.03. The van der Waals surface area contributed by atoms with Crippen molar-refractivity contribution in [2.45, 2.75) is 6.42 Å². The lowest BCUT2D eigenvalue weighted by molar-refractivity contribution is 0.360. The predicted octanol–water partition coefficient (Wildman–Crippen LogP) is 0.509. The Morgan fingerprint density at radius 2 is 2.19 bits per heavy atom. The van der Waals surface area contributed by atoms with E-state index < -0.39 is 0 Å². The molecule has 88 valence electrons. The second kappa shape index (κ2) is 5.14. The summed E-state index contributed by atoms with van der Waals surface area (Å²) < 4.78 is 0. The van der Waals surface area contributed by atoms with Crippen LogP contribution in [0.5, 0.6) is 0 Å². The molecular formula is C11H19N5. The van der Waals surface area contributed by atoms with Gasteiger partial charge in [0.05, 0.1) is 0 Å². The van der Waals surface area contributed by atoms with Crippen molar-refractivity contribution in [3.05, 3.63) is 18.3 Å². The SMILES string of the molecule is CN1CCCN(c2ccnc(NN)c2)CC1. The number of hydrazine groups is 1. The van der Waals surface area contributed by atoms with Gasteiger partial charge in [-0.2, -0.15) is 0 Å². The Bertz CT molecular complexity index is 341. The van der Waals surface area contributed by atoms with E-state index in [9.17, 15) is 0 Å². The second-order valence-corrected chi connectivity index (χ2v) is 4.19. The number of likely N-dealkylation sites (N-methyl/N-ethyl adjacent to an activating group) is 1. The van der Waals surface area contributed by atoms with Gasteiger partial charge in [-0.1, -0.05) is 0 Å². The number of aromatic nitrogens is 1. The molecule has 0 aromatic carbocycles. The molecule has 0 amide bonds. The molecule has 1 aromatic rings. The number of pyridine rings is 1. The summed E-state index contributed by atoms with van der Waals surface area (Å²) in [6.07, 6.45) is 2.99. The molecule has 0 unspecified atom stereocenters. The van der Waals surface area contributed by atoms with Crippen molar-refractivity contribution >= 4 is 11.5 Å². The number of nitrogens with zero attached hydrogens (tertiary/aromatic N) is 3. The minimum Gasteiger partial charge on any atom is -0.370 e. The molecule has 2 heterocycles. The highest BCUT2D eigenvalue weighted by Gasteiger charge is 2.12. The lowest BCUT2D eigenvalue weighted by Crippen LogP contribution is -2.28. The molecule has 1 aliphatic heterocycles. The maximum atomic E-state index is 5.36. The van der Waals surface area contributed by atoms with E-state index in [0.29, 0.717) is 0 Å². The maximum Gasteiger partial charge on any atom is 0.141 e. The first-order valence-electron chi connectivity index (χ1n) is 5.66. The summed E-state index contributed by atoms with van der Waals surface area (Å²) in [4.78, 5) is 8.86. The van der Waals surface area contributed by atoms with Crippen LogP contribution in [0.25, 0.3) is 0 Å². The fourth-order valence-electron chi connectivity index (χ4n) is 2.00. The molecule has 0 atom stereocenters. The summed E-state index contributed by atoms with van der Waals surface area (Å²) in [7, 11) is 2.17. The molecule has 0 radical (unpaired) electrons. The van der Waals surface area contributed by atoms with Crippen molar-refractivity contribution in [2.75, 3.05) is 43.6 Å². The highest BCUT2D eigenvalue weighted by atomic mass is 15.3. The van der Waals surface area contributed by atoms with E-state index >= 15 is 0 Å². The summed E-state index contributed by atoms with van der Waals surface area (Å²) in [5.74, 6) is 6.08. The summed E-state index contributed by atoms with van der Waals surface area (Å²) in [5.41, 5.74) is 3.78. The topological polar surface area (TPSA) is 57.4 Å². The Kier molecular flexibility index (Phi) is 3.58. The first-order chi connectivity index (χ1) is 7.79. The van der Waals surface area contributed by atoms with Crippen molar-refractivity contribution in [1.29, 1.82) is 0 Å². The molecular weight excluding hydrogens is 202 g/mol. The van der Waals surface area contributed by atoms with Crippen LogP contribution in [0.1, 0.15) is 6.42 Å². The Hall–Kier alpha value is -1.33. The quantitative estimate of drug-likeness (QED) is 0.563. The van der Waals surface area contributed by atoms with E-state index in [1.165, 1.54) is 18.7 Å². The minimum atomic E-state index is 0.718. The molecule has 0 aliphatic carbocycles. The molecule has 1 aliphatic rings. The molecule has 5 heteroatoms. The molecule has 0 saturated carbocycles. The zero-order valence-electron chi connectivity index (χ0n) is 9.69. The molecule has 2 rings (SSSR count). The van der Waals surface area contributed by atoms with E-state index in [-0.39, 0.29) is 0 Å². The average Bonchev–Trinajstić information content (AvgIpc) is 2.54. The van der Waals surface area contributed by atoms with Crippen LogP contribution in [0.3, 0.4) is 0 Å². The third-order valence-electron chi connectivity index (χ3n) is 2.98. The monoisotopic (exact) mass is 221 g/mol. The average molecular weight is 221 g/mol. The number of anilines is 2. The van der Waals surface area contributed by atoms with Gasteiger partial charge >= 0.3 is 0 Å². The zero-order valence-corrected chi connectivity index (χ0v) is 9.69. The number of nitrogen functional groups attached to an aromatic ring is 1. The van der Waals surface area contributed by atoms with Gasteiger partial charge in [0.15, 0.2) is 0 Å². The number of nitrogens with two attached hydrogens (primary N) is 1. The lowest BCUT2D eigenvalue weighted by atomic mass is 10.3. The Morgan fingerprint density at radius 1 is 1.31 bits per heavy atom. The van der Waals surface area contributed by atoms with Crippen molar-refractivity contribution < 1.29 is 0 Å². The third-order valence-corrected chi connectivity index (χ3v) is 2.98. The standard InChI is InChI=1S/C11H19N5/c1-15-5-2-6-16(8-7-15)10-3-4-13-11(9-10)14-12/h3-4,9H,2,5-8,12H2,1H3,(H,13,14). The van der Waals surface area contributed by atoms with Crippen molar-refractivity contribution in [2.24, 2.45) is 5.84 Å². The van der Waals surface area contributed by atoms with Crippen LogP contribution in [0.15, 0.2) is 18.3 Å². The van der Waals surface area contributed by atoms with Crippen LogP contribution in [-0.2, 0) is 0 Å². The normalized spacial score (nSPS) is 18.2. The highest BCUT2D eigenvalue weighted by Crippen LogP contribution is 2.18. The Labute approximate surface area is 96.2 Å². The van der Waals surface area contributed by atoms with Gasteiger partial charge in [-0.25, -0.2) is 10.8 Å². The van der Waals surface area contributed by atoms with Crippen molar-refractivity contribution in [3.63, 3.8) is 0 Å². The fraction of sp³-hybridized carbons (Fsp3) is 0.545. The Balaban J connectivity index is 2.10. The molecule has 3 N–H and O–H groups in total. The zero-order chi connectivity index (χ0) is 11.4. The second-order valence-electron chi connectivity index (χ2n) is 4.19. The number of rotatable bonds is 2. The van der Waals surface area contributed by atoms with Crippen LogP contribution in [0.4, 0.5) is 11.5 Å². The van der Waals surface area contributed by atoms with Crippen LogP contribution in [-0.4, -0.2) is 43.1 Å². The molecule has 16 heavy (non-hydrogen) atoms. The van der Waals surface area contributed by atoms with Gasteiger partial charge in [0, 0.05) is 37.6 Å². The van der Waals surface area contributed by atoms with Gasteiger partial charge in [-0.3, -0.25) is 0 Å². The van der Waals surface area contributed by atoms with Gasteiger partial charge in [-0.15, -0.1) is 0 Å². The molecule has 1 fully saturated rings. The number of nitrogens with one attached hydrogen (secondary N) is 1. The van der Waals surface area contributed by atoms with E-state index in [2.05, 4.69) is 27.3 Å². The van der Waals surface area contributed by atoms with Gasteiger partial charge in [0.25, 0.3) is 0 Å². The summed E-state index contributed by atoms with van der Waals surface area (Å²) >= 11 is 0. The lowest BCUT2D eigenvalue weighted by Gasteiger charge is -2.22. The summed E-state index contributed by atoms with van der Waals surface area (Å²) in [6.45, 7) is 4.43. The molecule has 5 nitrogen and oxygen atoms in total. The van der Waals surface area contributed by atoms with Gasteiger partial charge in [0.2, 0.25) is 0 Å². The van der Waals surface area contributed by atoms with Gasteiger partial charge < -0.3 is 15.2 Å². The third kappa shape index (κ3) is 2.62. The smallest absolute Gasteiger partial charge is 0.141 e. The minimum absolute atomic E-state index is 0.718. The van der Waals surface area contributed by atoms with Crippen molar-refractivity contribution in [3.8, 4) is 0 Å². The maximum absolute atomic E-state index is 5.36. The van der Waals surface area contributed by atoms with Crippen molar-refractivity contribution in [1.82, 2.24) is 9.88 Å². The highest BCUT2D eigenvalue weighted by molar-refractivity contribution is 5.53. The number of hydrogen-bond acceptors (Lipinski definition) is 5. The molecule has 1 saturated heterocycles. The van der Waals surface area contributed by atoms with E-state index in [4.69, 9.17) is 5.84 Å². The van der Waals surface area contributed by atoms with E-state index in [0.717, 1.165) is 25.5 Å². The van der Waals surface area contributed by atoms with Crippen LogP contribution in [0, 0.1) is 0 Å². The first kappa shape index (κ1) is 11.2. The molecule has 0 bridgehead atoms. The largest absolute Gasteiger partial charge is 0.370 e. The first-order valence-corrected chi connectivity index (χ1v) is 5.66. The Morgan fingerprint density at radius 3 is 3.00 bits per heavy atom. The van der Waals surface area contributed by atoms with Gasteiger partial charge in [-0.05, 0) is 26.1 Å². The van der Waals surface area contributed by atoms with Crippen LogP contribution >= 0.6 is 0 Å². The molecule has 1 aromatic heterocycles.